The standard InChI is InChI=1S/C60H104O5/c1-3-5-7-9-11-13-15-17-19-21-22-23-24-25-26-27-28-29-30-31-32-33-34-35-36-37-38-39-41-43-45-47-49-51-53-55-60(63)65-58(56-61)57-64-59(62)54-52-50-48-46-44-42-40-20-18-16-14-12-10-8-6-4-2/h5,7,11,13-14,16-17,19-20,22-23,25-26,40,58,61H,3-4,6,8-10,12,15,18,21,24,27-39,41-57H2,1-2H3/b7-5-,13-11-,16-14-,19-17-,23-22-,26-25-,40-20-. The molecule has 0 aliphatic heterocycles. The van der Waals surface area contributed by atoms with Crippen molar-refractivity contribution in [2.75, 3.05) is 13.2 Å². The molecule has 1 N–H and O–H groups in total. The van der Waals surface area contributed by atoms with E-state index in [9.17, 15) is 14.7 Å². The maximum absolute atomic E-state index is 12.3. The topological polar surface area (TPSA) is 72.8 Å². The number of ether oxygens (including phenoxy) is 2. The number of aliphatic hydroxyl groups is 1. The van der Waals surface area contributed by atoms with Crippen molar-refractivity contribution in [3.8, 4) is 0 Å². The Morgan fingerprint density at radius 2 is 0.662 bits per heavy atom. The summed E-state index contributed by atoms with van der Waals surface area (Å²) in [5, 5.41) is 9.63. The van der Waals surface area contributed by atoms with Crippen LogP contribution in [0.15, 0.2) is 85.1 Å². The van der Waals surface area contributed by atoms with Crippen LogP contribution in [0.4, 0.5) is 0 Å². The van der Waals surface area contributed by atoms with Crippen LogP contribution in [0.25, 0.3) is 0 Å². The molecule has 0 radical (unpaired) electrons. The second-order valence-corrected chi connectivity index (χ2v) is 18.3. The molecule has 0 rings (SSSR count). The number of hydrogen-bond acceptors (Lipinski definition) is 5. The van der Waals surface area contributed by atoms with Crippen molar-refractivity contribution in [2.24, 2.45) is 0 Å². The van der Waals surface area contributed by atoms with E-state index in [0.29, 0.717) is 12.8 Å². The number of hydrogen-bond donors (Lipinski definition) is 1. The van der Waals surface area contributed by atoms with Crippen molar-refractivity contribution in [1.82, 2.24) is 0 Å². The van der Waals surface area contributed by atoms with Crippen LogP contribution in [0.2, 0.25) is 0 Å². The van der Waals surface area contributed by atoms with Crippen LogP contribution in [0.1, 0.15) is 264 Å². The molecular formula is C60H104O5. The molecule has 0 aromatic rings. The fraction of sp³-hybridized carbons (Fsp3) is 0.733. The number of esters is 2. The first-order valence-corrected chi connectivity index (χ1v) is 27.6. The molecule has 0 saturated carbocycles. The molecule has 0 amide bonds. The van der Waals surface area contributed by atoms with Gasteiger partial charge in [0.1, 0.15) is 6.61 Å². The van der Waals surface area contributed by atoms with E-state index in [1.54, 1.807) is 0 Å². The number of carbonyl (C=O) groups is 2. The number of carbonyl (C=O) groups excluding carboxylic acids is 2. The molecule has 0 aromatic heterocycles. The van der Waals surface area contributed by atoms with E-state index in [2.05, 4.69) is 98.9 Å². The minimum absolute atomic E-state index is 0.0733. The largest absolute Gasteiger partial charge is 0.462 e. The SMILES string of the molecule is CC/C=C\C/C=C\C/C=C\C/C=C\C/C=C\CCCCCCCCCCCCCCCCCCCCCC(=O)OC(CO)COC(=O)CCCCCCC/C=C\C/C=C\CCCCCC. The van der Waals surface area contributed by atoms with E-state index >= 15 is 0 Å². The Balaban J connectivity index is 3.46. The lowest BCUT2D eigenvalue weighted by molar-refractivity contribution is -0.161. The molecule has 1 unspecified atom stereocenters. The summed E-state index contributed by atoms with van der Waals surface area (Å²) in [5.74, 6) is -0.601. The molecule has 5 nitrogen and oxygen atoms in total. The van der Waals surface area contributed by atoms with Crippen molar-refractivity contribution >= 4 is 11.9 Å². The van der Waals surface area contributed by atoms with Gasteiger partial charge in [0.15, 0.2) is 6.10 Å². The Morgan fingerprint density at radius 1 is 0.369 bits per heavy atom. The Kier molecular flexibility index (Phi) is 52.9. The average molecular weight is 905 g/mol. The van der Waals surface area contributed by atoms with Crippen LogP contribution in [-0.4, -0.2) is 36.4 Å². The van der Waals surface area contributed by atoms with Crippen molar-refractivity contribution in [3.05, 3.63) is 85.1 Å². The van der Waals surface area contributed by atoms with E-state index in [4.69, 9.17) is 9.47 Å². The average Bonchev–Trinajstić information content (AvgIpc) is 3.31. The highest BCUT2D eigenvalue weighted by Crippen LogP contribution is 2.16. The minimum Gasteiger partial charge on any atom is -0.462 e. The highest BCUT2D eigenvalue weighted by molar-refractivity contribution is 5.70. The Labute approximate surface area is 403 Å². The molecule has 0 aliphatic rings. The van der Waals surface area contributed by atoms with Gasteiger partial charge in [-0.1, -0.05) is 247 Å². The fourth-order valence-corrected chi connectivity index (χ4v) is 7.79. The summed E-state index contributed by atoms with van der Waals surface area (Å²) in [6.45, 7) is 4.01. The van der Waals surface area contributed by atoms with Crippen molar-refractivity contribution < 1.29 is 24.2 Å². The van der Waals surface area contributed by atoms with Gasteiger partial charge in [0.2, 0.25) is 0 Å². The van der Waals surface area contributed by atoms with E-state index in [0.717, 1.165) is 83.5 Å². The number of allylic oxidation sites excluding steroid dienone is 14. The van der Waals surface area contributed by atoms with Crippen molar-refractivity contribution in [2.45, 2.75) is 270 Å². The first kappa shape index (κ1) is 62.1. The van der Waals surface area contributed by atoms with E-state index in [-0.39, 0.29) is 25.2 Å². The van der Waals surface area contributed by atoms with Crippen molar-refractivity contribution in [3.63, 3.8) is 0 Å². The molecule has 0 bridgehead atoms. The molecule has 0 fully saturated rings. The molecule has 0 saturated heterocycles. The van der Waals surface area contributed by atoms with Gasteiger partial charge in [-0.15, -0.1) is 0 Å². The van der Waals surface area contributed by atoms with Crippen LogP contribution in [0.3, 0.4) is 0 Å². The van der Waals surface area contributed by atoms with E-state index in [1.807, 2.05) is 0 Å². The summed E-state index contributed by atoms with van der Waals surface area (Å²) in [6, 6.07) is 0. The summed E-state index contributed by atoms with van der Waals surface area (Å²) < 4.78 is 10.7. The second kappa shape index (κ2) is 55.4. The van der Waals surface area contributed by atoms with Crippen LogP contribution < -0.4 is 0 Å². The Morgan fingerprint density at radius 3 is 1.00 bits per heavy atom. The molecule has 0 aromatic carbocycles. The summed E-state index contributed by atoms with van der Waals surface area (Å²) in [6.07, 6.45) is 77.0. The Bertz CT molecular complexity index is 1210. The lowest BCUT2D eigenvalue weighted by Crippen LogP contribution is -2.28. The summed E-state index contributed by atoms with van der Waals surface area (Å²) in [5.41, 5.74) is 0. The van der Waals surface area contributed by atoms with Gasteiger partial charge in [-0.05, 0) is 89.9 Å². The third kappa shape index (κ3) is 53.6. The summed E-state index contributed by atoms with van der Waals surface area (Å²) in [7, 11) is 0. The van der Waals surface area contributed by atoms with Gasteiger partial charge in [-0.2, -0.15) is 0 Å². The number of unbranched alkanes of at least 4 members (excludes halogenated alkanes) is 28. The predicted octanol–water partition coefficient (Wildman–Crippen LogP) is 18.6. The van der Waals surface area contributed by atoms with Crippen LogP contribution in [-0.2, 0) is 19.1 Å². The molecule has 65 heavy (non-hydrogen) atoms. The first-order chi connectivity index (χ1) is 32.1. The van der Waals surface area contributed by atoms with Gasteiger partial charge in [-0.25, -0.2) is 0 Å². The third-order valence-electron chi connectivity index (χ3n) is 11.9. The Hall–Kier alpha value is -2.92. The van der Waals surface area contributed by atoms with Crippen LogP contribution in [0.5, 0.6) is 0 Å². The van der Waals surface area contributed by atoms with E-state index < -0.39 is 6.10 Å². The molecule has 0 aliphatic carbocycles. The summed E-state index contributed by atoms with van der Waals surface area (Å²) in [4.78, 5) is 24.4. The van der Waals surface area contributed by atoms with Gasteiger partial charge in [0, 0.05) is 12.8 Å². The van der Waals surface area contributed by atoms with Gasteiger partial charge in [-0.3, -0.25) is 9.59 Å². The van der Waals surface area contributed by atoms with Crippen molar-refractivity contribution in [1.29, 1.82) is 0 Å². The zero-order chi connectivity index (χ0) is 47.0. The zero-order valence-electron chi connectivity index (χ0n) is 42.7. The monoisotopic (exact) mass is 905 g/mol. The lowest BCUT2D eigenvalue weighted by Gasteiger charge is -2.15. The van der Waals surface area contributed by atoms with Gasteiger partial charge >= 0.3 is 11.9 Å². The fourth-order valence-electron chi connectivity index (χ4n) is 7.79. The second-order valence-electron chi connectivity index (χ2n) is 18.3. The highest BCUT2D eigenvalue weighted by atomic mass is 16.6. The maximum Gasteiger partial charge on any atom is 0.306 e. The predicted molar refractivity (Wildman–Crippen MR) is 283 cm³/mol. The zero-order valence-corrected chi connectivity index (χ0v) is 42.7. The summed E-state index contributed by atoms with van der Waals surface area (Å²) >= 11 is 0. The lowest BCUT2D eigenvalue weighted by atomic mass is 10.0. The smallest absolute Gasteiger partial charge is 0.306 e. The van der Waals surface area contributed by atoms with Gasteiger partial charge in [0.25, 0.3) is 0 Å². The number of rotatable bonds is 50. The first-order valence-electron chi connectivity index (χ1n) is 27.6. The van der Waals surface area contributed by atoms with Gasteiger partial charge in [0.05, 0.1) is 6.61 Å². The molecule has 0 heterocycles. The third-order valence-corrected chi connectivity index (χ3v) is 11.9. The highest BCUT2D eigenvalue weighted by Gasteiger charge is 2.16. The quantitative estimate of drug-likeness (QED) is 0.0374. The molecule has 5 heteroatoms. The normalized spacial score (nSPS) is 12.8. The maximum atomic E-state index is 12.3. The van der Waals surface area contributed by atoms with Crippen LogP contribution in [0, 0.1) is 0 Å². The molecule has 1 atom stereocenters. The van der Waals surface area contributed by atoms with E-state index in [1.165, 1.54) is 154 Å². The molecular weight excluding hydrogens is 801 g/mol. The van der Waals surface area contributed by atoms with Crippen LogP contribution >= 0.6 is 0 Å². The molecule has 0 spiro atoms. The number of aliphatic hydroxyl groups excluding tert-OH is 1. The molecule has 374 valence electrons. The van der Waals surface area contributed by atoms with Gasteiger partial charge < -0.3 is 14.6 Å². The minimum atomic E-state index is -0.780.